The quantitative estimate of drug-likeness (QED) is 0.407. The van der Waals surface area contributed by atoms with Crippen LogP contribution in [0.1, 0.15) is 37.4 Å². The van der Waals surface area contributed by atoms with Gasteiger partial charge >= 0.3 is 0 Å². The van der Waals surface area contributed by atoms with E-state index in [9.17, 15) is 17.6 Å². The van der Waals surface area contributed by atoms with Gasteiger partial charge in [0.1, 0.15) is 11.9 Å². The Labute approximate surface area is 200 Å². The Hall–Kier alpha value is -3.24. The van der Waals surface area contributed by atoms with Gasteiger partial charge in [0.05, 0.1) is 16.5 Å². The average Bonchev–Trinajstić information content (AvgIpc) is 3.59. The summed E-state index contributed by atoms with van der Waals surface area (Å²) >= 11 is 1.21. The van der Waals surface area contributed by atoms with E-state index in [1.165, 1.54) is 23.6 Å². The minimum absolute atomic E-state index is 0.0496. The van der Waals surface area contributed by atoms with E-state index in [1.54, 1.807) is 52.5 Å². The van der Waals surface area contributed by atoms with E-state index in [1.807, 2.05) is 17.9 Å². The third kappa shape index (κ3) is 4.07. The molecule has 176 valence electrons. The molecule has 1 aliphatic rings. The molecule has 1 amide bonds. The molecule has 7 nitrogen and oxygen atoms in total. The van der Waals surface area contributed by atoms with Crippen LogP contribution in [0.4, 0.5) is 9.52 Å². The fourth-order valence-corrected chi connectivity index (χ4v) is 6.33. The van der Waals surface area contributed by atoms with Crippen molar-refractivity contribution in [2.45, 2.75) is 36.7 Å². The number of likely N-dealkylation sites (tertiary alicyclic amines) is 1. The summed E-state index contributed by atoms with van der Waals surface area (Å²) in [6.45, 7) is 2.44. The predicted octanol–water partition coefficient (Wildman–Crippen LogP) is 4.96. The number of halogens is 1. The molecule has 5 rings (SSSR count). The molecule has 1 unspecified atom stereocenters. The molecule has 4 aromatic rings. The number of sulfonamides is 1. The third-order valence-electron chi connectivity index (χ3n) is 6.25. The summed E-state index contributed by atoms with van der Waals surface area (Å²) in [5.41, 5.74) is 1.56. The van der Waals surface area contributed by atoms with Crippen LogP contribution in [0.5, 0.6) is 0 Å². The van der Waals surface area contributed by atoms with Crippen LogP contribution in [0.3, 0.4) is 0 Å². The molecule has 1 aliphatic heterocycles. The molecule has 2 aromatic heterocycles. The minimum atomic E-state index is -3.74. The van der Waals surface area contributed by atoms with Gasteiger partial charge in [-0.2, -0.15) is 0 Å². The highest BCUT2D eigenvalue weighted by Gasteiger charge is 2.33. The van der Waals surface area contributed by atoms with Gasteiger partial charge in [-0.25, -0.2) is 17.8 Å². The summed E-state index contributed by atoms with van der Waals surface area (Å²) < 4.78 is 43.6. The van der Waals surface area contributed by atoms with Crippen molar-refractivity contribution in [3.63, 3.8) is 0 Å². The van der Waals surface area contributed by atoms with E-state index in [0.29, 0.717) is 22.6 Å². The van der Waals surface area contributed by atoms with Crippen molar-refractivity contribution in [2.75, 3.05) is 11.3 Å². The van der Waals surface area contributed by atoms with Crippen molar-refractivity contribution >= 4 is 43.3 Å². The van der Waals surface area contributed by atoms with Crippen LogP contribution in [0, 0.1) is 5.82 Å². The lowest BCUT2D eigenvalue weighted by molar-refractivity contribution is -0.135. The van der Waals surface area contributed by atoms with Gasteiger partial charge in [-0.05, 0) is 55.7 Å². The molecule has 0 spiro atoms. The molecule has 2 atom stereocenters. The second-order valence-corrected chi connectivity index (χ2v) is 10.9. The van der Waals surface area contributed by atoms with Crippen LogP contribution in [0.2, 0.25) is 0 Å². The van der Waals surface area contributed by atoms with Crippen molar-refractivity contribution in [1.29, 1.82) is 0 Å². The van der Waals surface area contributed by atoms with Gasteiger partial charge < -0.3 is 9.47 Å². The van der Waals surface area contributed by atoms with Crippen LogP contribution < -0.4 is 4.72 Å². The smallest absolute Gasteiger partial charge is 0.263 e. The number of nitrogens with zero attached hydrogens (tertiary/aromatic N) is 3. The zero-order chi connectivity index (χ0) is 23.9. The number of thiazole rings is 1. The van der Waals surface area contributed by atoms with E-state index in [4.69, 9.17) is 0 Å². The van der Waals surface area contributed by atoms with Gasteiger partial charge in [-0.15, -0.1) is 11.3 Å². The maximum absolute atomic E-state index is 14.1. The van der Waals surface area contributed by atoms with Gasteiger partial charge in [0.25, 0.3) is 10.0 Å². The maximum Gasteiger partial charge on any atom is 0.263 e. The van der Waals surface area contributed by atoms with Crippen LogP contribution >= 0.6 is 11.3 Å². The molecule has 1 saturated heterocycles. The van der Waals surface area contributed by atoms with Gasteiger partial charge in [-0.1, -0.05) is 18.2 Å². The first-order valence-corrected chi connectivity index (χ1v) is 13.3. The van der Waals surface area contributed by atoms with E-state index >= 15 is 0 Å². The number of carbonyl (C=O) groups is 1. The maximum atomic E-state index is 14.1. The Morgan fingerprint density at radius 2 is 2.00 bits per heavy atom. The summed E-state index contributed by atoms with van der Waals surface area (Å²) in [4.78, 5) is 19.4. The number of rotatable bonds is 6. The first-order chi connectivity index (χ1) is 16.3. The minimum Gasteiger partial charge on any atom is -0.335 e. The monoisotopic (exact) mass is 498 g/mol. The molecule has 1 fully saturated rings. The van der Waals surface area contributed by atoms with Gasteiger partial charge in [0.2, 0.25) is 5.91 Å². The predicted molar refractivity (Wildman–Crippen MR) is 130 cm³/mol. The number of hydrogen-bond donors (Lipinski definition) is 1. The Morgan fingerprint density at radius 1 is 1.21 bits per heavy atom. The number of anilines is 1. The summed E-state index contributed by atoms with van der Waals surface area (Å²) in [5.74, 6) is -0.360. The molecule has 34 heavy (non-hydrogen) atoms. The summed E-state index contributed by atoms with van der Waals surface area (Å²) in [5, 5.41) is 2.49. The van der Waals surface area contributed by atoms with E-state index in [-0.39, 0.29) is 22.7 Å². The number of nitrogens with one attached hydrogen (secondary N) is 1. The molecule has 0 bridgehead atoms. The van der Waals surface area contributed by atoms with Crippen LogP contribution in [0.25, 0.3) is 10.9 Å². The molecule has 0 saturated carbocycles. The highest BCUT2D eigenvalue weighted by molar-refractivity contribution is 7.93. The van der Waals surface area contributed by atoms with Gasteiger partial charge in [0.15, 0.2) is 5.13 Å². The van der Waals surface area contributed by atoms with Crippen LogP contribution in [-0.2, 0) is 14.8 Å². The largest absolute Gasteiger partial charge is 0.335 e. The van der Waals surface area contributed by atoms with E-state index < -0.39 is 16.1 Å². The molecular formula is C24H23FN4O3S2. The lowest BCUT2D eigenvalue weighted by atomic mass is 10.0. The van der Waals surface area contributed by atoms with Crippen LogP contribution in [-0.4, -0.2) is 35.3 Å². The summed E-state index contributed by atoms with van der Waals surface area (Å²) in [6, 6.07) is 12.5. The number of benzene rings is 2. The Bertz CT molecular complexity index is 1430. The lowest BCUT2D eigenvalue weighted by Gasteiger charge is -2.29. The topological polar surface area (TPSA) is 84.3 Å². The second kappa shape index (κ2) is 8.84. The fourth-order valence-electron chi connectivity index (χ4n) is 4.54. The number of fused-ring (bicyclic) bond motifs is 1. The SMILES string of the molecule is C[C@@H](C(=O)N1CCCC1c1ccc(S(=O)(=O)Nc2nccs2)cc1)n1ccc2c(F)cccc21. The third-order valence-corrected chi connectivity index (χ3v) is 8.42. The molecular weight excluding hydrogens is 475 g/mol. The van der Waals surface area contributed by atoms with E-state index in [0.717, 1.165) is 18.4 Å². The molecule has 3 heterocycles. The molecule has 2 aromatic carbocycles. The first kappa shape index (κ1) is 22.5. The number of hydrogen-bond acceptors (Lipinski definition) is 5. The Kier molecular flexibility index (Phi) is 5.86. The van der Waals surface area contributed by atoms with Crippen LogP contribution in [0.15, 0.2) is 71.2 Å². The number of aromatic nitrogens is 2. The van der Waals surface area contributed by atoms with Crippen molar-refractivity contribution in [3.8, 4) is 0 Å². The summed E-state index contributed by atoms with van der Waals surface area (Å²) in [6.07, 6.45) is 4.93. The molecule has 0 aliphatic carbocycles. The normalized spacial score (nSPS) is 17.2. The standard InChI is InChI=1S/C24H23FN4O3S2/c1-16(28-14-11-19-20(25)4-2-5-22(19)28)23(30)29-13-3-6-21(29)17-7-9-18(10-8-17)34(31,32)27-24-26-12-15-33-24/h2,4-5,7-12,14-16,21H,3,6,13H2,1H3,(H,26,27)/t16-,21?/m0/s1. The van der Waals surface area contributed by atoms with Crippen molar-refractivity contribution in [2.24, 2.45) is 0 Å². The second-order valence-electron chi connectivity index (χ2n) is 8.27. The van der Waals surface area contributed by atoms with Crippen molar-refractivity contribution < 1.29 is 17.6 Å². The number of amides is 1. The molecule has 10 heteroatoms. The fraction of sp³-hybridized carbons (Fsp3) is 0.250. The average molecular weight is 499 g/mol. The molecule has 0 radical (unpaired) electrons. The lowest BCUT2D eigenvalue weighted by Crippen LogP contribution is -2.35. The Balaban J connectivity index is 1.36. The first-order valence-electron chi connectivity index (χ1n) is 10.9. The highest BCUT2D eigenvalue weighted by atomic mass is 32.2. The van der Waals surface area contributed by atoms with E-state index in [2.05, 4.69) is 9.71 Å². The number of carbonyl (C=O) groups excluding carboxylic acids is 1. The molecule has 1 N–H and O–H groups in total. The Morgan fingerprint density at radius 3 is 2.74 bits per heavy atom. The van der Waals surface area contributed by atoms with Gasteiger partial charge in [0, 0.05) is 29.7 Å². The zero-order valence-corrected chi connectivity index (χ0v) is 20.0. The summed E-state index contributed by atoms with van der Waals surface area (Å²) in [7, 11) is -3.74. The van der Waals surface area contributed by atoms with Gasteiger partial charge in [-0.3, -0.25) is 9.52 Å². The van der Waals surface area contributed by atoms with Crippen molar-refractivity contribution in [1.82, 2.24) is 14.5 Å². The highest BCUT2D eigenvalue weighted by Crippen LogP contribution is 2.35. The zero-order valence-electron chi connectivity index (χ0n) is 18.4. The van der Waals surface area contributed by atoms with Crippen molar-refractivity contribution in [3.05, 3.63) is 77.7 Å².